The lowest BCUT2D eigenvalue weighted by Crippen LogP contribution is -1.92. The summed E-state index contributed by atoms with van der Waals surface area (Å²) in [7, 11) is 5.70. The third-order valence-electron chi connectivity index (χ3n) is 2.31. The second-order valence-electron chi connectivity index (χ2n) is 3.78. The van der Waals surface area contributed by atoms with E-state index in [1.165, 1.54) is 18.6 Å². The van der Waals surface area contributed by atoms with Crippen molar-refractivity contribution in [2.45, 2.75) is 19.8 Å². The van der Waals surface area contributed by atoms with Gasteiger partial charge in [0, 0.05) is 0 Å². The van der Waals surface area contributed by atoms with Crippen LogP contribution in [0, 0.1) is 0 Å². The van der Waals surface area contributed by atoms with Crippen molar-refractivity contribution in [1.29, 1.82) is 0 Å². The van der Waals surface area contributed by atoms with Crippen LogP contribution in [-0.2, 0) is 11.2 Å². The van der Waals surface area contributed by atoms with Crippen molar-refractivity contribution in [1.82, 2.24) is 0 Å². The van der Waals surface area contributed by atoms with E-state index in [4.69, 9.17) is 7.85 Å². The smallest absolute Gasteiger partial charge is 0.151 e. The van der Waals surface area contributed by atoms with Crippen LogP contribution in [0.5, 0.6) is 0 Å². The molecule has 0 N–H and O–H groups in total. The van der Waals surface area contributed by atoms with Crippen molar-refractivity contribution in [2.24, 2.45) is 0 Å². The number of carbonyl (C=O) groups is 1. The zero-order chi connectivity index (χ0) is 12.0. The number of hydrogen-bond acceptors (Lipinski definition) is 1. The summed E-state index contributed by atoms with van der Waals surface area (Å²) in [6.45, 7) is 5.21. The van der Waals surface area contributed by atoms with E-state index in [0.717, 1.165) is 12.0 Å². The van der Waals surface area contributed by atoms with Gasteiger partial charge in [0.05, 0.1) is 0 Å². The standard InChI is InChI=1S/C14H15BO/c1-3-12-4-6-13(7-5-12)8-9-14(15)10-11(2)16/h3-7,10H,1,8-9H2,2H3/b14-10-. The lowest BCUT2D eigenvalue weighted by molar-refractivity contribution is -0.112. The summed E-state index contributed by atoms with van der Waals surface area (Å²) in [4.78, 5) is 10.8. The molecule has 16 heavy (non-hydrogen) atoms. The van der Waals surface area contributed by atoms with E-state index >= 15 is 0 Å². The molecule has 0 amide bonds. The molecule has 0 saturated heterocycles. The molecule has 1 aromatic carbocycles. The van der Waals surface area contributed by atoms with Crippen LogP contribution in [0.4, 0.5) is 0 Å². The maximum absolute atomic E-state index is 10.8. The zero-order valence-corrected chi connectivity index (χ0v) is 9.57. The van der Waals surface area contributed by atoms with Gasteiger partial charge in [0.25, 0.3) is 0 Å². The SMILES string of the molecule is [B]/C(=C\C(C)=O)CCc1ccc(C=C)cc1. The van der Waals surface area contributed by atoms with Gasteiger partial charge < -0.3 is 0 Å². The van der Waals surface area contributed by atoms with Gasteiger partial charge in [0.15, 0.2) is 5.78 Å². The van der Waals surface area contributed by atoms with Gasteiger partial charge in [-0.25, -0.2) is 0 Å². The van der Waals surface area contributed by atoms with E-state index < -0.39 is 0 Å². The number of aryl methyl sites for hydroxylation is 1. The van der Waals surface area contributed by atoms with Crippen LogP contribution < -0.4 is 0 Å². The Morgan fingerprint density at radius 2 is 2.00 bits per heavy atom. The summed E-state index contributed by atoms with van der Waals surface area (Å²) in [5.41, 5.74) is 2.96. The molecular formula is C14H15BO. The van der Waals surface area contributed by atoms with E-state index in [2.05, 4.69) is 18.7 Å². The Hall–Kier alpha value is -1.57. The van der Waals surface area contributed by atoms with Crippen LogP contribution in [0.1, 0.15) is 24.5 Å². The lowest BCUT2D eigenvalue weighted by Gasteiger charge is -2.02. The van der Waals surface area contributed by atoms with Gasteiger partial charge in [0.2, 0.25) is 0 Å². The first kappa shape index (κ1) is 12.5. The van der Waals surface area contributed by atoms with Gasteiger partial charge in [-0.3, -0.25) is 4.79 Å². The Morgan fingerprint density at radius 3 is 2.50 bits per heavy atom. The summed E-state index contributed by atoms with van der Waals surface area (Å²) in [5.74, 6) is -0.000458. The highest BCUT2D eigenvalue weighted by Crippen LogP contribution is 2.09. The van der Waals surface area contributed by atoms with E-state index in [-0.39, 0.29) is 5.78 Å². The minimum absolute atomic E-state index is 0.000458. The van der Waals surface area contributed by atoms with Crippen molar-refractivity contribution in [3.8, 4) is 0 Å². The zero-order valence-electron chi connectivity index (χ0n) is 9.57. The lowest BCUT2D eigenvalue weighted by atomic mass is 9.88. The predicted octanol–water partition coefficient (Wildman–Crippen LogP) is 2.90. The number of allylic oxidation sites excluding steroid dienone is 2. The number of ketones is 1. The van der Waals surface area contributed by atoms with Crippen LogP contribution in [0.2, 0.25) is 0 Å². The number of hydrogen-bond donors (Lipinski definition) is 0. The number of carbonyl (C=O) groups excluding carboxylic acids is 1. The van der Waals surface area contributed by atoms with Gasteiger partial charge in [0.1, 0.15) is 7.85 Å². The molecule has 0 aliphatic rings. The first-order valence-corrected chi connectivity index (χ1v) is 5.30. The highest BCUT2D eigenvalue weighted by molar-refractivity contribution is 6.23. The summed E-state index contributed by atoms with van der Waals surface area (Å²) >= 11 is 0. The van der Waals surface area contributed by atoms with Crippen LogP contribution in [0.15, 0.2) is 42.4 Å². The number of benzene rings is 1. The monoisotopic (exact) mass is 210 g/mol. The third-order valence-corrected chi connectivity index (χ3v) is 2.31. The molecule has 0 bridgehead atoms. The first-order chi connectivity index (χ1) is 7.61. The fourth-order valence-electron chi connectivity index (χ4n) is 1.44. The minimum Gasteiger partial charge on any atom is -0.295 e. The molecule has 1 rings (SSSR count). The Kier molecular flexibility index (Phi) is 4.78. The van der Waals surface area contributed by atoms with Crippen molar-refractivity contribution >= 4 is 19.7 Å². The largest absolute Gasteiger partial charge is 0.295 e. The molecule has 0 unspecified atom stereocenters. The molecule has 80 valence electrons. The fourth-order valence-corrected chi connectivity index (χ4v) is 1.44. The van der Waals surface area contributed by atoms with Crippen molar-refractivity contribution in [3.05, 3.63) is 53.5 Å². The first-order valence-electron chi connectivity index (χ1n) is 5.30. The average molecular weight is 210 g/mol. The molecule has 0 atom stereocenters. The maximum Gasteiger partial charge on any atom is 0.151 e. The maximum atomic E-state index is 10.8. The van der Waals surface area contributed by atoms with Gasteiger partial charge in [-0.1, -0.05) is 36.9 Å². The Balaban J connectivity index is 2.54. The normalized spacial score (nSPS) is 11.2. The summed E-state index contributed by atoms with van der Waals surface area (Å²) in [6, 6.07) is 8.15. The van der Waals surface area contributed by atoms with Crippen LogP contribution in [-0.4, -0.2) is 13.6 Å². The van der Waals surface area contributed by atoms with E-state index in [0.29, 0.717) is 11.9 Å². The summed E-state index contributed by atoms with van der Waals surface area (Å²) < 4.78 is 0. The van der Waals surface area contributed by atoms with Crippen molar-refractivity contribution < 1.29 is 4.79 Å². The van der Waals surface area contributed by atoms with E-state index in [1.54, 1.807) is 0 Å². The predicted molar refractivity (Wildman–Crippen MR) is 69.4 cm³/mol. The highest BCUT2D eigenvalue weighted by Gasteiger charge is 1.96. The van der Waals surface area contributed by atoms with Gasteiger partial charge in [-0.2, -0.15) is 0 Å². The van der Waals surface area contributed by atoms with Crippen LogP contribution in [0.25, 0.3) is 6.08 Å². The second-order valence-corrected chi connectivity index (χ2v) is 3.78. The Labute approximate surface area is 98.3 Å². The van der Waals surface area contributed by atoms with Gasteiger partial charge >= 0.3 is 0 Å². The van der Waals surface area contributed by atoms with E-state index in [1.807, 2.05) is 18.2 Å². The molecule has 0 fully saturated rings. The van der Waals surface area contributed by atoms with Gasteiger partial charge in [-0.15, -0.1) is 5.47 Å². The molecule has 0 heterocycles. The second kappa shape index (κ2) is 6.11. The quantitative estimate of drug-likeness (QED) is 0.539. The summed E-state index contributed by atoms with van der Waals surface area (Å²) in [6.07, 6.45) is 4.87. The number of rotatable bonds is 5. The molecule has 1 aromatic rings. The molecule has 0 aromatic heterocycles. The topological polar surface area (TPSA) is 17.1 Å². The Bertz CT molecular complexity index is 401. The molecule has 0 aliphatic heterocycles. The molecule has 2 radical (unpaired) electrons. The molecule has 1 nitrogen and oxygen atoms in total. The van der Waals surface area contributed by atoms with Crippen LogP contribution in [0.3, 0.4) is 0 Å². The average Bonchev–Trinajstić information content (AvgIpc) is 2.26. The molecular weight excluding hydrogens is 195 g/mol. The highest BCUT2D eigenvalue weighted by atomic mass is 16.1. The van der Waals surface area contributed by atoms with Crippen LogP contribution >= 0.6 is 0 Å². The molecule has 0 spiro atoms. The summed E-state index contributed by atoms with van der Waals surface area (Å²) in [5, 5.41) is 0. The fraction of sp³-hybridized carbons (Fsp3) is 0.214. The third kappa shape index (κ3) is 4.30. The molecule has 0 saturated carbocycles. The molecule has 0 aliphatic carbocycles. The minimum atomic E-state index is -0.000458. The van der Waals surface area contributed by atoms with Crippen molar-refractivity contribution in [2.75, 3.05) is 0 Å². The van der Waals surface area contributed by atoms with Gasteiger partial charge in [-0.05, 0) is 37.0 Å². The van der Waals surface area contributed by atoms with Crippen molar-refractivity contribution in [3.63, 3.8) is 0 Å². The molecule has 2 heteroatoms. The van der Waals surface area contributed by atoms with E-state index in [9.17, 15) is 4.79 Å². The Morgan fingerprint density at radius 1 is 1.38 bits per heavy atom.